The number of hydrogen-bond donors (Lipinski definition) is 2. The van der Waals surface area contributed by atoms with Crippen molar-refractivity contribution in [3.8, 4) is 11.1 Å². The van der Waals surface area contributed by atoms with Gasteiger partial charge in [0.25, 0.3) is 0 Å². The minimum atomic E-state index is -0.801. The molecule has 0 heterocycles. The number of carboxylic acids is 1. The molecule has 118 valence electrons. The van der Waals surface area contributed by atoms with Crippen molar-refractivity contribution in [1.82, 2.24) is 0 Å². The van der Waals surface area contributed by atoms with Gasteiger partial charge in [-0.3, -0.25) is 9.59 Å². The van der Waals surface area contributed by atoms with Crippen LogP contribution in [0, 0.1) is 11.8 Å². The third-order valence-electron chi connectivity index (χ3n) is 4.42. The minimum Gasteiger partial charge on any atom is -0.481 e. The van der Waals surface area contributed by atoms with Gasteiger partial charge in [-0.2, -0.15) is 0 Å². The molecule has 0 spiro atoms. The van der Waals surface area contributed by atoms with Crippen molar-refractivity contribution < 1.29 is 14.7 Å². The van der Waals surface area contributed by atoms with Crippen LogP contribution in [-0.4, -0.2) is 17.0 Å². The first-order chi connectivity index (χ1) is 11.1. The van der Waals surface area contributed by atoms with Crippen LogP contribution >= 0.6 is 0 Å². The second-order valence-electron chi connectivity index (χ2n) is 5.95. The van der Waals surface area contributed by atoms with Crippen LogP contribution in [0.4, 0.5) is 5.69 Å². The van der Waals surface area contributed by atoms with Gasteiger partial charge in [0.1, 0.15) is 0 Å². The molecule has 23 heavy (non-hydrogen) atoms. The van der Waals surface area contributed by atoms with Gasteiger partial charge in [0.2, 0.25) is 5.91 Å². The summed E-state index contributed by atoms with van der Waals surface area (Å²) in [6.45, 7) is 0. The normalized spacial score (nSPS) is 20.2. The highest BCUT2D eigenvalue weighted by atomic mass is 16.4. The van der Waals surface area contributed by atoms with Gasteiger partial charge in [-0.05, 0) is 30.9 Å². The molecule has 1 aliphatic rings. The molecule has 0 saturated heterocycles. The lowest BCUT2D eigenvalue weighted by Crippen LogP contribution is -2.22. The van der Waals surface area contributed by atoms with E-state index >= 15 is 0 Å². The van der Waals surface area contributed by atoms with Crippen molar-refractivity contribution in [2.45, 2.75) is 19.3 Å². The number of carboxylic acid groups (broad SMARTS) is 1. The summed E-state index contributed by atoms with van der Waals surface area (Å²) in [5.74, 6) is -1.50. The number of nitrogens with one attached hydrogen (secondary N) is 1. The van der Waals surface area contributed by atoms with Crippen LogP contribution in [0.2, 0.25) is 0 Å². The second kappa shape index (κ2) is 6.65. The molecule has 1 saturated carbocycles. The zero-order valence-electron chi connectivity index (χ0n) is 12.7. The molecule has 4 heteroatoms. The number of anilines is 1. The maximum atomic E-state index is 12.5. The van der Waals surface area contributed by atoms with E-state index in [1.807, 2.05) is 54.6 Å². The molecule has 2 aromatic rings. The summed E-state index contributed by atoms with van der Waals surface area (Å²) < 4.78 is 0. The fraction of sp³-hybridized carbons (Fsp3) is 0.263. The van der Waals surface area contributed by atoms with Crippen LogP contribution in [-0.2, 0) is 9.59 Å². The fourth-order valence-corrected chi connectivity index (χ4v) is 3.14. The van der Waals surface area contributed by atoms with E-state index in [4.69, 9.17) is 5.11 Å². The number of hydrogen-bond acceptors (Lipinski definition) is 2. The van der Waals surface area contributed by atoms with Crippen molar-refractivity contribution >= 4 is 17.6 Å². The molecule has 0 radical (unpaired) electrons. The van der Waals surface area contributed by atoms with E-state index in [2.05, 4.69) is 5.32 Å². The molecular formula is C19H19NO3. The van der Waals surface area contributed by atoms with Crippen LogP contribution in [0.15, 0.2) is 54.6 Å². The van der Waals surface area contributed by atoms with E-state index in [-0.39, 0.29) is 11.8 Å². The Kier molecular flexibility index (Phi) is 4.42. The van der Waals surface area contributed by atoms with Crippen molar-refractivity contribution in [3.05, 3.63) is 54.6 Å². The Hall–Kier alpha value is -2.62. The number of aliphatic carboxylic acids is 1. The second-order valence-corrected chi connectivity index (χ2v) is 5.95. The zero-order chi connectivity index (χ0) is 16.2. The summed E-state index contributed by atoms with van der Waals surface area (Å²) in [5, 5.41) is 12.0. The van der Waals surface area contributed by atoms with Gasteiger partial charge >= 0.3 is 5.97 Å². The van der Waals surface area contributed by atoms with Crippen molar-refractivity contribution in [1.29, 1.82) is 0 Å². The Labute approximate surface area is 135 Å². The summed E-state index contributed by atoms with van der Waals surface area (Å²) in [7, 11) is 0. The topological polar surface area (TPSA) is 66.4 Å². The molecule has 0 unspecified atom stereocenters. The van der Waals surface area contributed by atoms with Gasteiger partial charge < -0.3 is 10.4 Å². The molecule has 2 N–H and O–H groups in total. The van der Waals surface area contributed by atoms with Gasteiger partial charge in [0, 0.05) is 17.2 Å². The average Bonchev–Trinajstić information content (AvgIpc) is 3.07. The summed E-state index contributed by atoms with van der Waals surface area (Å²) in [4.78, 5) is 23.5. The van der Waals surface area contributed by atoms with E-state index in [9.17, 15) is 9.59 Å². The van der Waals surface area contributed by atoms with Crippen molar-refractivity contribution in [2.24, 2.45) is 11.8 Å². The Balaban J connectivity index is 1.76. The molecule has 2 aromatic carbocycles. The van der Waals surface area contributed by atoms with Crippen LogP contribution in [0.1, 0.15) is 19.3 Å². The first kappa shape index (κ1) is 15.3. The standard InChI is InChI=1S/C19H19NO3/c21-18(14-10-11-15(12-14)19(22)23)20-17-9-5-4-8-16(17)13-6-2-1-3-7-13/h1-9,14-15H,10-12H2,(H,20,21)(H,22,23)/t14-,15+/m0/s1. The van der Waals surface area contributed by atoms with Crippen molar-refractivity contribution in [3.63, 3.8) is 0 Å². The molecule has 0 aromatic heterocycles. The molecule has 1 fully saturated rings. The van der Waals surface area contributed by atoms with Crippen LogP contribution in [0.5, 0.6) is 0 Å². The molecule has 4 nitrogen and oxygen atoms in total. The van der Waals surface area contributed by atoms with E-state index in [1.165, 1.54) is 0 Å². The minimum absolute atomic E-state index is 0.0860. The third-order valence-corrected chi connectivity index (χ3v) is 4.42. The Bertz CT molecular complexity index is 712. The number of carbonyl (C=O) groups is 2. The maximum absolute atomic E-state index is 12.5. The predicted molar refractivity (Wildman–Crippen MR) is 89.0 cm³/mol. The first-order valence-corrected chi connectivity index (χ1v) is 7.83. The first-order valence-electron chi connectivity index (χ1n) is 7.83. The quantitative estimate of drug-likeness (QED) is 0.903. The van der Waals surface area contributed by atoms with Crippen LogP contribution < -0.4 is 5.32 Å². The van der Waals surface area contributed by atoms with Gasteiger partial charge in [-0.1, -0.05) is 48.5 Å². The van der Waals surface area contributed by atoms with Gasteiger partial charge in [-0.15, -0.1) is 0 Å². The number of carbonyl (C=O) groups excluding carboxylic acids is 1. The Morgan fingerprint density at radius 2 is 1.57 bits per heavy atom. The molecular weight excluding hydrogens is 290 g/mol. The summed E-state index contributed by atoms with van der Waals surface area (Å²) >= 11 is 0. The van der Waals surface area contributed by atoms with Crippen LogP contribution in [0.25, 0.3) is 11.1 Å². The fourth-order valence-electron chi connectivity index (χ4n) is 3.14. The molecule has 0 bridgehead atoms. The Morgan fingerprint density at radius 3 is 2.26 bits per heavy atom. The number of benzene rings is 2. The third kappa shape index (κ3) is 3.42. The monoisotopic (exact) mass is 309 g/mol. The highest BCUT2D eigenvalue weighted by Gasteiger charge is 2.33. The molecule has 2 atom stereocenters. The molecule has 0 aliphatic heterocycles. The highest BCUT2D eigenvalue weighted by molar-refractivity contribution is 5.97. The van der Waals surface area contributed by atoms with Gasteiger partial charge in [0.15, 0.2) is 0 Å². The number of para-hydroxylation sites is 1. The summed E-state index contributed by atoms with van der Waals surface area (Å²) in [6, 6.07) is 17.6. The number of rotatable bonds is 4. The average molecular weight is 309 g/mol. The highest BCUT2D eigenvalue weighted by Crippen LogP contribution is 2.33. The van der Waals surface area contributed by atoms with Gasteiger partial charge in [-0.25, -0.2) is 0 Å². The predicted octanol–water partition coefficient (Wildman–Crippen LogP) is 3.79. The lowest BCUT2D eigenvalue weighted by molar-refractivity contribution is -0.141. The largest absolute Gasteiger partial charge is 0.481 e. The van der Waals surface area contributed by atoms with Crippen molar-refractivity contribution in [2.75, 3.05) is 5.32 Å². The van der Waals surface area contributed by atoms with E-state index in [0.29, 0.717) is 19.3 Å². The lowest BCUT2D eigenvalue weighted by atomic mass is 10.0. The maximum Gasteiger partial charge on any atom is 0.306 e. The number of amides is 1. The van der Waals surface area contributed by atoms with Gasteiger partial charge in [0.05, 0.1) is 5.92 Å². The molecule has 1 aliphatic carbocycles. The summed E-state index contributed by atoms with van der Waals surface area (Å²) in [6.07, 6.45) is 1.64. The lowest BCUT2D eigenvalue weighted by Gasteiger charge is -2.14. The SMILES string of the molecule is O=C(O)[C@@H]1CC[C@H](C(=O)Nc2ccccc2-c2ccccc2)C1. The molecule has 3 rings (SSSR count). The van der Waals surface area contributed by atoms with E-state index in [1.54, 1.807) is 0 Å². The van der Waals surface area contributed by atoms with E-state index in [0.717, 1.165) is 16.8 Å². The van der Waals surface area contributed by atoms with E-state index < -0.39 is 11.9 Å². The Morgan fingerprint density at radius 1 is 0.913 bits per heavy atom. The van der Waals surface area contributed by atoms with Crippen LogP contribution in [0.3, 0.4) is 0 Å². The summed E-state index contributed by atoms with van der Waals surface area (Å²) in [5.41, 5.74) is 2.77. The smallest absolute Gasteiger partial charge is 0.306 e. The zero-order valence-corrected chi connectivity index (χ0v) is 12.7. The molecule has 1 amide bonds.